The second-order valence-electron chi connectivity index (χ2n) is 2.56. The number of oxime groups is 1. The lowest BCUT2D eigenvalue weighted by Gasteiger charge is -2.01. The monoisotopic (exact) mass is 264 g/mol. The summed E-state index contributed by atoms with van der Waals surface area (Å²) in [6, 6.07) is 8.17. The molecule has 0 unspecified atom stereocenters. The molecule has 0 radical (unpaired) electrons. The number of nitrogens with two attached hydrogens (primary N) is 1. The number of rotatable bonds is 4. The van der Waals surface area contributed by atoms with Gasteiger partial charge >= 0.3 is 0 Å². The van der Waals surface area contributed by atoms with Crippen molar-refractivity contribution in [3.05, 3.63) is 24.3 Å². The molecule has 0 saturated heterocycles. The van der Waals surface area contributed by atoms with Crippen LogP contribution in [0.1, 0.15) is 0 Å². The summed E-state index contributed by atoms with van der Waals surface area (Å²) in [7, 11) is 0. The fourth-order valence-corrected chi connectivity index (χ4v) is 1.97. The van der Waals surface area contributed by atoms with Crippen molar-refractivity contribution in [2.24, 2.45) is 10.9 Å². The third-order valence-corrected chi connectivity index (χ3v) is 3.36. The van der Waals surface area contributed by atoms with Gasteiger partial charge in [-0.1, -0.05) is 5.16 Å². The van der Waals surface area contributed by atoms with Crippen molar-refractivity contribution in [2.75, 3.05) is 12.0 Å². The van der Waals surface area contributed by atoms with Crippen LogP contribution in [0, 0.1) is 0 Å². The Bertz CT molecular complexity index is 316. The Balaban J connectivity index is 0.00000196. The number of thioether (sulfide) groups is 2. The first-order valence-electron chi connectivity index (χ1n) is 3.99. The molecule has 0 amide bonds. The second-order valence-corrected chi connectivity index (χ2v) is 4.48. The molecule has 1 rings (SSSR count). The van der Waals surface area contributed by atoms with Gasteiger partial charge in [-0.25, -0.2) is 0 Å². The van der Waals surface area contributed by atoms with Crippen LogP contribution in [0.3, 0.4) is 0 Å². The number of hydrogen-bond donors (Lipinski definition) is 2. The molecule has 0 atom stereocenters. The van der Waals surface area contributed by atoms with Gasteiger partial charge < -0.3 is 10.9 Å². The molecule has 6 heteroatoms. The van der Waals surface area contributed by atoms with Gasteiger partial charge in [0.1, 0.15) is 5.84 Å². The van der Waals surface area contributed by atoms with E-state index in [1.54, 1.807) is 23.5 Å². The smallest absolute Gasteiger partial charge is 0.149 e. The Hall–Kier alpha value is -0.520. The molecule has 0 aromatic heterocycles. The Morgan fingerprint density at radius 1 is 1.33 bits per heavy atom. The van der Waals surface area contributed by atoms with Crippen molar-refractivity contribution in [2.45, 2.75) is 9.79 Å². The Kier molecular flexibility index (Phi) is 7.46. The number of nitrogens with zero attached hydrogens (tertiary/aromatic N) is 1. The Morgan fingerprint density at radius 3 is 2.33 bits per heavy atom. The van der Waals surface area contributed by atoms with Gasteiger partial charge in [-0.3, -0.25) is 0 Å². The fraction of sp³-hybridized carbons (Fsp3) is 0.222. The molecule has 15 heavy (non-hydrogen) atoms. The summed E-state index contributed by atoms with van der Waals surface area (Å²) < 4.78 is 0. The molecule has 84 valence electrons. The zero-order chi connectivity index (χ0) is 10.4. The third-order valence-electron chi connectivity index (χ3n) is 1.57. The molecule has 0 heterocycles. The van der Waals surface area contributed by atoms with E-state index in [-0.39, 0.29) is 18.2 Å². The van der Waals surface area contributed by atoms with Crippen molar-refractivity contribution in [1.82, 2.24) is 0 Å². The lowest BCUT2D eigenvalue weighted by atomic mass is 10.4. The van der Waals surface area contributed by atoms with E-state index in [1.807, 2.05) is 18.4 Å². The molecule has 1 aromatic rings. The van der Waals surface area contributed by atoms with Crippen LogP contribution in [0.15, 0.2) is 39.2 Å². The van der Waals surface area contributed by atoms with Gasteiger partial charge in [0.05, 0.1) is 5.75 Å². The van der Waals surface area contributed by atoms with Crippen LogP contribution in [0.25, 0.3) is 0 Å². The van der Waals surface area contributed by atoms with E-state index in [2.05, 4.69) is 17.3 Å². The maximum absolute atomic E-state index is 8.34. The fourth-order valence-electron chi connectivity index (χ4n) is 0.858. The van der Waals surface area contributed by atoms with Crippen LogP contribution in [-0.4, -0.2) is 23.1 Å². The maximum atomic E-state index is 8.34. The summed E-state index contributed by atoms with van der Waals surface area (Å²) >= 11 is 3.26. The van der Waals surface area contributed by atoms with E-state index in [0.29, 0.717) is 5.75 Å². The zero-order valence-corrected chi connectivity index (χ0v) is 10.7. The lowest BCUT2D eigenvalue weighted by molar-refractivity contribution is 0.318. The summed E-state index contributed by atoms with van der Waals surface area (Å²) in [5, 5.41) is 11.2. The predicted molar refractivity (Wildman–Crippen MR) is 69.6 cm³/mol. The number of amidine groups is 1. The Morgan fingerprint density at radius 2 is 1.87 bits per heavy atom. The standard InChI is InChI=1S/C9H12N2OS2.ClH/c1-13-7-2-4-8(5-3-7)14-6-9(10)11-12;/h2-5,12H,6H2,1H3,(H2,10,11);1H. The van der Waals surface area contributed by atoms with Crippen LogP contribution in [0.4, 0.5) is 0 Å². The van der Waals surface area contributed by atoms with Crippen molar-refractivity contribution in [1.29, 1.82) is 0 Å². The summed E-state index contributed by atoms with van der Waals surface area (Å²) in [5.41, 5.74) is 5.35. The molecule has 0 saturated carbocycles. The molecule has 1 aromatic carbocycles. The normalized spacial score (nSPS) is 10.9. The van der Waals surface area contributed by atoms with Gasteiger partial charge in [0, 0.05) is 9.79 Å². The van der Waals surface area contributed by atoms with E-state index in [4.69, 9.17) is 10.9 Å². The summed E-state index contributed by atoms with van der Waals surface area (Å²) in [5.74, 6) is 0.749. The largest absolute Gasteiger partial charge is 0.409 e. The molecule has 3 nitrogen and oxygen atoms in total. The van der Waals surface area contributed by atoms with Gasteiger partial charge in [0.2, 0.25) is 0 Å². The van der Waals surface area contributed by atoms with Gasteiger partial charge in [0.25, 0.3) is 0 Å². The average Bonchev–Trinajstić information content (AvgIpc) is 2.26. The second kappa shape index (κ2) is 7.73. The highest BCUT2D eigenvalue weighted by Crippen LogP contribution is 2.21. The van der Waals surface area contributed by atoms with Crippen molar-refractivity contribution in [3.8, 4) is 0 Å². The van der Waals surface area contributed by atoms with Gasteiger partial charge in [0.15, 0.2) is 0 Å². The molecular weight excluding hydrogens is 252 g/mol. The van der Waals surface area contributed by atoms with E-state index in [0.717, 1.165) is 4.90 Å². The number of hydrogen-bond acceptors (Lipinski definition) is 4. The van der Waals surface area contributed by atoms with E-state index < -0.39 is 0 Å². The van der Waals surface area contributed by atoms with Crippen molar-refractivity contribution < 1.29 is 5.21 Å². The topological polar surface area (TPSA) is 58.6 Å². The first-order valence-corrected chi connectivity index (χ1v) is 6.20. The maximum Gasteiger partial charge on any atom is 0.149 e. The zero-order valence-electron chi connectivity index (χ0n) is 8.21. The molecule has 0 aliphatic rings. The summed E-state index contributed by atoms with van der Waals surface area (Å²) in [4.78, 5) is 2.35. The first kappa shape index (κ1) is 14.5. The number of benzene rings is 1. The molecular formula is C9H13ClN2OS2. The van der Waals surface area contributed by atoms with E-state index >= 15 is 0 Å². The minimum Gasteiger partial charge on any atom is -0.409 e. The van der Waals surface area contributed by atoms with Crippen molar-refractivity contribution in [3.63, 3.8) is 0 Å². The highest BCUT2D eigenvalue weighted by atomic mass is 35.5. The average molecular weight is 265 g/mol. The van der Waals surface area contributed by atoms with Crippen LogP contribution in [0.2, 0.25) is 0 Å². The molecule has 0 spiro atoms. The molecule has 0 aliphatic heterocycles. The van der Waals surface area contributed by atoms with E-state index in [9.17, 15) is 0 Å². The minimum absolute atomic E-state index is 0. The first-order chi connectivity index (χ1) is 6.76. The number of halogens is 1. The van der Waals surface area contributed by atoms with Crippen LogP contribution in [-0.2, 0) is 0 Å². The van der Waals surface area contributed by atoms with Crippen LogP contribution < -0.4 is 5.73 Å². The van der Waals surface area contributed by atoms with Crippen LogP contribution in [0.5, 0.6) is 0 Å². The molecule has 0 fully saturated rings. The minimum atomic E-state index is 0. The predicted octanol–water partition coefficient (Wildman–Crippen LogP) is 2.67. The van der Waals surface area contributed by atoms with Gasteiger partial charge in [-0.2, -0.15) is 0 Å². The van der Waals surface area contributed by atoms with Gasteiger partial charge in [-0.15, -0.1) is 35.9 Å². The highest BCUT2D eigenvalue weighted by Gasteiger charge is 1.97. The molecule has 3 N–H and O–H groups in total. The molecule has 0 bridgehead atoms. The summed E-state index contributed by atoms with van der Waals surface area (Å²) in [6.07, 6.45) is 2.04. The summed E-state index contributed by atoms with van der Waals surface area (Å²) in [6.45, 7) is 0. The van der Waals surface area contributed by atoms with Crippen molar-refractivity contribution >= 4 is 41.8 Å². The quantitative estimate of drug-likeness (QED) is 0.289. The van der Waals surface area contributed by atoms with E-state index in [1.165, 1.54) is 4.90 Å². The van der Waals surface area contributed by atoms with Crippen LogP contribution >= 0.6 is 35.9 Å². The highest BCUT2D eigenvalue weighted by molar-refractivity contribution is 8.00. The lowest BCUT2D eigenvalue weighted by Crippen LogP contribution is -2.13. The SMILES string of the molecule is CSc1ccc(SC/C(N)=N\O)cc1.Cl. The van der Waals surface area contributed by atoms with Gasteiger partial charge in [-0.05, 0) is 30.5 Å². The third kappa shape index (κ3) is 5.20. The molecule has 0 aliphatic carbocycles. The Labute approximate surface area is 104 Å².